The van der Waals surface area contributed by atoms with Gasteiger partial charge in [-0.25, -0.2) is 13.1 Å². The minimum atomic E-state index is -2.95. The Morgan fingerprint density at radius 3 is 2.86 bits per heavy atom. The van der Waals surface area contributed by atoms with Crippen LogP contribution in [0, 0.1) is 0 Å². The maximum Gasteiger partial charge on any atom is 0.209 e. The van der Waals surface area contributed by atoms with Gasteiger partial charge in [0.2, 0.25) is 5.16 Å². The SMILES string of the molecule is CCCS(=O)(=O)CCSc1nnnn1CCNCCOC. The van der Waals surface area contributed by atoms with E-state index in [1.165, 1.54) is 11.8 Å². The van der Waals surface area contributed by atoms with Gasteiger partial charge in [0.15, 0.2) is 9.84 Å². The van der Waals surface area contributed by atoms with Gasteiger partial charge in [0.1, 0.15) is 0 Å². The predicted octanol–water partition coefficient (Wildman–Crippen LogP) is -0.174. The lowest BCUT2D eigenvalue weighted by Gasteiger charge is -2.06. The van der Waals surface area contributed by atoms with Gasteiger partial charge in [0.05, 0.1) is 18.9 Å². The Morgan fingerprint density at radius 1 is 1.33 bits per heavy atom. The monoisotopic (exact) mass is 337 g/mol. The summed E-state index contributed by atoms with van der Waals surface area (Å²) in [5.74, 6) is 0.867. The number of nitrogens with one attached hydrogen (secondary N) is 1. The minimum Gasteiger partial charge on any atom is -0.383 e. The van der Waals surface area contributed by atoms with Crippen LogP contribution in [-0.4, -0.2) is 72.7 Å². The van der Waals surface area contributed by atoms with Crippen molar-refractivity contribution in [3.63, 3.8) is 0 Å². The second-order valence-corrected chi connectivity index (χ2v) is 7.79. The highest BCUT2D eigenvalue weighted by Crippen LogP contribution is 2.14. The van der Waals surface area contributed by atoms with E-state index in [1.807, 2.05) is 6.92 Å². The molecule has 1 N–H and O–H groups in total. The van der Waals surface area contributed by atoms with Crippen LogP contribution in [0.2, 0.25) is 0 Å². The van der Waals surface area contributed by atoms with E-state index in [-0.39, 0.29) is 11.5 Å². The van der Waals surface area contributed by atoms with Crippen molar-refractivity contribution in [1.82, 2.24) is 25.5 Å². The summed E-state index contributed by atoms with van der Waals surface area (Å²) >= 11 is 1.37. The topological polar surface area (TPSA) is 99.0 Å². The van der Waals surface area contributed by atoms with Crippen molar-refractivity contribution >= 4 is 21.6 Å². The minimum absolute atomic E-state index is 0.157. The molecule has 0 radical (unpaired) electrons. The molecule has 0 aliphatic carbocycles. The Labute approximate surface area is 129 Å². The zero-order chi connectivity index (χ0) is 15.6. The maximum absolute atomic E-state index is 11.6. The molecule has 0 aromatic carbocycles. The third kappa shape index (κ3) is 7.74. The number of nitrogens with zero attached hydrogens (tertiary/aromatic N) is 4. The Hall–Kier alpha value is -0.710. The number of tetrazole rings is 1. The van der Waals surface area contributed by atoms with Gasteiger partial charge in [-0.05, 0) is 16.8 Å². The number of aromatic nitrogens is 4. The number of hydrogen-bond donors (Lipinski definition) is 1. The van der Waals surface area contributed by atoms with Crippen LogP contribution in [0.15, 0.2) is 5.16 Å². The highest BCUT2D eigenvalue weighted by Gasteiger charge is 2.12. The summed E-state index contributed by atoms with van der Waals surface area (Å²) < 4.78 is 29.9. The van der Waals surface area contributed by atoms with Gasteiger partial charge in [-0.1, -0.05) is 18.7 Å². The van der Waals surface area contributed by atoms with Crippen molar-refractivity contribution in [3.8, 4) is 0 Å². The molecule has 0 amide bonds. The first-order valence-corrected chi connectivity index (χ1v) is 9.69. The fourth-order valence-electron chi connectivity index (χ4n) is 1.60. The summed E-state index contributed by atoms with van der Waals surface area (Å²) in [5.41, 5.74) is 0. The van der Waals surface area contributed by atoms with Gasteiger partial charge in [0, 0.05) is 31.7 Å². The summed E-state index contributed by atoms with van der Waals surface area (Å²) in [7, 11) is -1.29. The third-order valence-corrected chi connectivity index (χ3v) is 5.70. The Balaban J connectivity index is 2.31. The zero-order valence-electron chi connectivity index (χ0n) is 12.5. The second-order valence-electron chi connectivity index (χ2n) is 4.43. The molecule has 0 aliphatic heterocycles. The first-order chi connectivity index (χ1) is 10.1. The molecule has 1 aromatic rings. The van der Waals surface area contributed by atoms with Gasteiger partial charge >= 0.3 is 0 Å². The van der Waals surface area contributed by atoms with Crippen LogP contribution in [0.1, 0.15) is 13.3 Å². The van der Waals surface area contributed by atoms with Gasteiger partial charge in [-0.2, -0.15) is 0 Å². The molecule has 0 unspecified atom stereocenters. The quantitative estimate of drug-likeness (QED) is 0.414. The van der Waals surface area contributed by atoms with Gasteiger partial charge in [-0.15, -0.1) is 5.10 Å². The smallest absolute Gasteiger partial charge is 0.209 e. The molecular formula is C11H23N5O3S2. The van der Waals surface area contributed by atoms with E-state index in [9.17, 15) is 8.42 Å². The molecule has 8 nitrogen and oxygen atoms in total. The lowest BCUT2D eigenvalue weighted by molar-refractivity contribution is 0.199. The first-order valence-electron chi connectivity index (χ1n) is 6.88. The largest absolute Gasteiger partial charge is 0.383 e. The van der Waals surface area contributed by atoms with Gasteiger partial charge < -0.3 is 10.1 Å². The molecule has 0 aliphatic rings. The number of ether oxygens (including phenoxy) is 1. The highest BCUT2D eigenvalue weighted by molar-refractivity contribution is 8.00. The second kappa shape index (κ2) is 10.1. The van der Waals surface area contributed by atoms with E-state index in [0.29, 0.717) is 30.5 Å². The lowest BCUT2D eigenvalue weighted by Crippen LogP contribution is -2.24. The Bertz CT molecular complexity index is 492. The molecule has 0 saturated heterocycles. The molecule has 122 valence electrons. The molecule has 0 bridgehead atoms. The summed E-state index contributed by atoms with van der Waals surface area (Å²) in [6.45, 7) is 4.67. The molecule has 0 spiro atoms. The van der Waals surface area contributed by atoms with E-state index in [4.69, 9.17) is 4.74 Å². The zero-order valence-corrected chi connectivity index (χ0v) is 14.1. The van der Waals surface area contributed by atoms with Gasteiger partial charge in [-0.3, -0.25) is 0 Å². The Morgan fingerprint density at radius 2 is 2.14 bits per heavy atom. The van der Waals surface area contributed by atoms with Crippen molar-refractivity contribution in [1.29, 1.82) is 0 Å². The number of sulfone groups is 1. The van der Waals surface area contributed by atoms with Crippen molar-refractivity contribution in [2.24, 2.45) is 0 Å². The normalized spacial score (nSPS) is 11.9. The van der Waals surface area contributed by atoms with E-state index < -0.39 is 9.84 Å². The fourth-order valence-corrected chi connectivity index (χ4v) is 4.33. The predicted molar refractivity (Wildman–Crippen MR) is 82.2 cm³/mol. The van der Waals surface area contributed by atoms with Crippen molar-refractivity contribution in [2.75, 3.05) is 44.1 Å². The average Bonchev–Trinajstić information content (AvgIpc) is 2.86. The van der Waals surface area contributed by atoms with E-state index in [1.54, 1.807) is 11.8 Å². The van der Waals surface area contributed by atoms with E-state index >= 15 is 0 Å². The number of methoxy groups -OCH3 is 1. The number of hydrogen-bond acceptors (Lipinski definition) is 8. The third-order valence-electron chi connectivity index (χ3n) is 2.62. The molecule has 10 heteroatoms. The van der Waals surface area contributed by atoms with Crippen LogP contribution >= 0.6 is 11.8 Å². The maximum atomic E-state index is 11.6. The molecule has 0 saturated carbocycles. The van der Waals surface area contributed by atoms with Crippen LogP contribution in [-0.2, 0) is 21.1 Å². The van der Waals surface area contributed by atoms with Crippen LogP contribution < -0.4 is 5.32 Å². The van der Waals surface area contributed by atoms with Crippen molar-refractivity contribution < 1.29 is 13.2 Å². The summed E-state index contributed by atoms with van der Waals surface area (Å²) in [5, 5.41) is 15.3. The molecule has 21 heavy (non-hydrogen) atoms. The van der Waals surface area contributed by atoms with Gasteiger partial charge in [0.25, 0.3) is 0 Å². The van der Waals surface area contributed by atoms with E-state index in [2.05, 4.69) is 20.8 Å². The van der Waals surface area contributed by atoms with E-state index in [0.717, 1.165) is 13.1 Å². The average molecular weight is 337 g/mol. The highest BCUT2D eigenvalue weighted by atomic mass is 32.2. The fraction of sp³-hybridized carbons (Fsp3) is 0.909. The molecule has 1 heterocycles. The van der Waals surface area contributed by atoms with Crippen LogP contribution in [0.5, 0.6) is 0 Å². The molecule has 0 fully saturated rings. The standard InChI is InChI=1S/C11H23N5O3S2/c1-3-9-21(17,18)10-8-20-11-13-14-15-16(11)6-4-12-5-7-19-2/h12H,3-10H2,1-2H3. The van der Waals surface area contributed by atoms with Crippen LogP contribution in [0.4, 0.5) is 0 Å². The summed E-state index contributed by atoms with van der Waals surface area (Å²) in [6, 6.07) is 0. The molecule has 1 aromatic heterocycles. The first kappa shape index (κ1) is 18.3. The summed E-state index contributed by atoms with van der Waals surface area (Å²) in [4.78, 5) is 0. The Kier molecular flexibility index (Phi) is 8.81. The molecule has 1 rings (SSSR count). The molecular weight excluding hydrogens is 314 g/mol. The van der Waals surface area contributed by atoms with Crippen molar-refractivity contribution in [2.45, 2.75) is 25.0 Å². The lowest BCUT2D eigenvalue weighted by atomic mass is 10.6. The summed E-state index contributed by atoms with van der Waals surface area (Å²) in [6.07, 6.45) is 0.651. The number of thioether (sulfide) groups is 1. The van der Waals surface area contributed by atoms with Crippen molar-refractivity contribution in [3.05, 3.63) is 0 Å². The van der Waals surface area contributed by atoms with Crippen LogP contribution in [0.25, 0.3) is 0 Å². The van der Waals surface area contributed by atoms with Crippen LogP contribution in [0.3, 0.4) is 0 Å². The number of rotatable bonds is 12. The molecule has 0 atom stereocenters.